The van der Waals surface area contributed by atoms with E-state index in [0.717, 1.165) is 5.56 Å². The molecule has 0 radical (unpaired) electrons. The minimum atomic E-state index is -3.22. The number of hydrogen-bond acceptors (Lipinski definition) is 3. The molecule has 22 heavy (non-hydrogen) atoms. The third kappa shape index (κ3) is 3.35. The Kier molecular flexibility index (Phi) is 4.66. The Morgan fingerprint density at radius 2 is 1.82 bits per heavy atom. The van der Waals surface area contributed by atoms with Crippen molar-refractivity contribution in [3.8, 4) is 11.5 Å². The number of hydrogen-bond donors (Lipinski definition) is 0. The molecule has 3 nitrogen and oxygen atoms in total. The zero-order valence-electron chi connectivity index (χ0n) is 13.3. The third-order valence-electron chi connectivity index (χ3n) is 3.98. The molecule has 0 saturated heterocycles. The molecule has 0 saturated carbocycles. The molecule has 120 valence electrons. The first-order chi connectivity index (χ1) is 10.3. The van der Waals surface area contributed by atoms with E-state index in [4.69, 9.17) is 9.15 Å². The van der Waals surface area contributed by atoms with Crippen LogP contribution in [0.15, 0.2) is 34.7 Å². The number of aryl methyl sites for hydroxylation is 1. The number of ether oxygens (including phenoxy) is 1. The van der Waals surface area contributed by atoms with Gasteiger partial charge in [0.05, 0.1) is 12.0 Å². The maximum Gasteiger partial charge on any atom is 0.361 e. The molecule has 0 bridgehead atoms. The largest absolute Gasteiger partial charge is 0.441 e. The van der Waals surface area contributed by atoms with Crippen molar-refractivity contribution in [1.82, 2.24) is 4.98 Å². The Balaban J connectivity index is 2.13. The Morgan fingerprint density at radius 3 is 2.41 bits per heavy atom. The average molecular weight is 309 g/mol. The molecule has 2 rings (SSSR count). The monoisotopic (exact) mass is 309 g/mol. The van der Waals surface area contributed by atoms with Gasteiger partial charge in [-0.1, -0.05) is 39.0 Å². The van der Waals surface area contributed by atoms with Crippen molar-refractivity contribution in [3.05, 3.63) is 41.8 Å². The van der Waals surface area contributed by atoms with Gasteiger partial charge in [-0.3, -0.25) is 0 Å². The average Bonchev–Trinajstić information content (AvgIpc) is 2.87. The van der Waals surface area contributed by atoms with Crippen LogP contribution in [0.4, 0.5) is 8.78 Å². The van der Waals surface area contributed by atoms with Gasteiger partial charge in [0.1, 0.15) is 11.5 Å². The topological polar surface area (TPSA) is 35.3 Å². The number of halogens is 2. The number of aromatic nitrogens is 1. The van der Waals surface area contributed by atoms with Crippen molar-refractivity contribution in [2.45, 2.75) is 46.8 Å². The summed E-state index contributed by atoms with van der Waals surface area (Å²) in [5.74, 6) is 0.902. The standard InChI is InChI=1S/C17H21F2NO2/c1-5-16(3,4)17(18,19)21-11-14-12(2)22-15(20-14)13-9-7-6-8-10-13/h6-10H,5,11H2,1-4H3. The quantitative estimate of drug-likeness (QED) is 0.736. The molecule has 0 unspecified atom stereocenters. The Labute approximate surface area is 129 Å². The molecule has 0 spiro atoms. The summed E-state index contributed by atoms with van der Waals surface area (Å²) in [5.41, 5.74) is -0.0321. The lowest BCUT2D eigenvalue weighted by Gasteiger charge is -2.32. The lowest BCUT2D eigenvalue weighted by molar-refractivity contribution is -0.306. The molecule has 1 aromatic heterocycles. The molecule has 0 aliphatic carbocycles. The van der Waals surface area contributed by atoms with Crippen molar-refractivity contribution in [3.63, 3.8) is 0 Å². The van der Waals surface area contributed by atoms with E-state index in [1.165, 1.54) is 13.8 Å². The van der Waals surface area contributed by atoms with Crippen LogP contribution >= 0.6 is 0 Å². The van der Waals surface area contributed by atoms with Gasteiger partial charge in [-0.25, -0.2) is 4.98 Å². The van der Waals surface area contributed by atoms with Gasteiger partial charge in [0.25, 0.3) is 0 Å². The van der Waals surface area contributed by atoms with Crippen LogP contribution in [0.2, 0.25) is 0 Å². The fraction of sp³-hybridized carbons (Fsp3) is 0.471. The molecule has 1 aromatic carbocycles. The Morgan fingerprint density at radius 1 is 1.18 bits per heavy atom. The number of alkyl halides is 2. The van der Waals surface area contributed by atoms with Crippen molar-refractivity contribution in [1.29, 1.82) is 0 Å². The fourth-order valence-electron chi connectivity index (χ4n) is 1.83. The minimum absolute atomic E-state index is 0.279. The predicted molar refractivity (Wildman–Crippen MR) is 80.5 cm³/mol. The first kappa shape index (κ1) is 16.6. The molecule has 0 N–H and O–H groups in total. The molecule has 5 heteroatoms. The highest BCUT2D eigenvalue weighted by Crippen LogP contribution is 2.40. The summed E-state index contributed by atoms with van der Waals surface area (Å²) in [4.78, 5) is 4.27. The highest BCUT2D eigenvalue weighted by molar-refractivity contribution is 5.53. The number of rotatable bonds is 6. The van der Waals surface area contributed by atoms with Gasteiger partial charge in [0.2, 0.25) is 5.89 Å². The van der Waals surface area contributed by atoms with Crippen molar-refractivity contribution < 1.29 is 17.9 Å². The lowest BCUT2D eigenvalue weighted by atomic mass is 9.89. The summed E-state index contributed by atoms with van der Waals surface area (Å²) >= 11 is 0. The number of benzene rings is 1. The first-order valence-corrected chi connectivity index (χ1v) is 7.30. The molecule has 0 aliphatic rings. The normalized spacial score (nSPS) is 12.6. The van der Waals surface area contributed by atoms with E-state index in [0.29, 0.717) is 23.8 Å². The number of nitrogens with zero attached hydrogens (tertiary/aromatic N) is 1. The van der Waals surface area contributed by atoms with Gasteiger partial charge in [-0.15, -0.1) is 0 Å². The van der Waals surface area contributed by atoms with Gasteiger partial charge >= 0.3 is 6.11 Å². The van der Waals surface area contributed by atoms with Gasteiger partial charge in [-0.05, 0) is 25.5 Å². The van der Waals surface area contributed by atoms with Crippen LogP contribution in [0.25, 0.3) is 11.5 Å². The zero-order chi connectivity index (χ0) is 16.4. The van der Waals surface area contributed by atoms with E-state index in [1.54, 1.807) is 13.8 Å². The van der Waals surface area contributed by atoms with Crippen LogP contribution in [0.5, 0.6) is 0 Å². The number of oxazole rings is 1. The van der Waals surface area contributed by atoms with Gasteiger partial charge in [-0.2, -0.15) is 8.78 Å². The van der Waals surface area contributed by atoms with Gasteiger partial charge in [0.15, 0.2) is 0 Å². The molecule has 2 aromatic rings. The van der Waals surface area contributed by atoms with E-state index in [9.17, 15) is 8.78 Å². The Hall–Kier alpha value is -1.75. The highest BCUT2D eigenvalue weighted by atomic mass is 19.3. The summed E-state index contributed by atoms with van der Waals surface area (Å²) in [7, 11) is 0. The maximum absolute atomic E-state index is 14.1. The second kappa shape index (κ2) is 6.16. The van der Waals surface area contributed by atoms with Crippen molar-refractivity contribution >= 4 is 0 Å². The van der Waals surface area contributed by atoms with Gasteiger partial charge < -0.3 is 9.15 Å². The van der Waals surface area contributed by atoms with E-state index >= 15 is 0 Å². The molecule has 0 fully saturated rings. The summed E-state index contributed by atoms with van der Waals surface area (Å²) in [6, 6.07) is 9.32. The zero-order valence-corrected chi connectivity index (χ0v) is 13.3. The molecule has 0 aliphatic heterocycles. The third-order valence-corrected chi connectivity index (χ3v) is 3.98. The van der Waals surface area contributed by atoms with E-state index < -0.39 is 11.5 Å². The van der Waals surface area contributed by atoms with Crippen LogP contribution in [-0.4, -0.2) is 11.1 Å². The van der Waals surface area contributed by atoms with Crippen molar-refractivity contribution in [2.75, 3.05) is 0 Å². The minimum Gasteiger partial charge on any atom is -0.441 e. The van der Waals surface area contributed by atoms with Crippen LogP contribution in [0.1, 0.15) is 38.6 Å². The lowest BCUT2D eigenvalue weighted by Crippen LogP contribution is -2.38. The summed E-state index contributed by atoms with van der Waals surface area (Å²) in [6.07, 6.45) is -2.91. The van der Waals surface area contributed by atoms with E-state index in [1.807, 2.05) is 30.3 Å². The van der Waals surface area contributed by atoms with Crippen LogP contribution in [0.3, 0.4) is 0 Å². The van der Waals surface area contributed by atoms with Crippen LogP contribution in [0, 0.1) is 12.3 Å². The summed E-state index contributed by atoms with van der Waals surface area (Å²) in [5, 5.41) is 0. The molecule has 0 amide bonds. The second-order valence-corrected chi connectivity index (χ2v) is 5.93. The SMILES string of the molecule is CCC(C)(C)C(F)(F)OCc1nc(-c2ccccc2)oc1C. The van der Waals surface area contributed by atoms with Crippen molar-refractivity contribution in [2.24, 2.45) is 5.41 Å². The smallest absolute Gasteiger partial charge is 0.361 e. The van der Waals surface area contributed by atoms with E-state index in [-0.39, 0.29) is 6.61 Å². The molecular formula is C17H21F2NO2. The fourth-order valence-corrected chi connectivity index (χ4v) is 1.83. The van der Waals surface area contributed by atoms with E-state index in [2.05, 4.69) is 4.98 Å². The van der Waals surface area contributed by atoms with Gasteiger partial charge in [0, 0.05) is 5.56 Å². The molecule has 1 heterocycles. The maximum atomic E-state index is 14.1. The first-order valence-electron chi connectivity index (χ1n) is 7.30. The predicted octanol–water partition coefficient (Wildman–Crippen LogP) is 5.20. The summed E-state index contributed by atoms with van der Waals surface area (Å²) in [6.45, 7) is 6.10. The van der Waals surface area contributed by atoms with Crippen LogP contribution < -0.4 is 0 Å². The highest BCUT2D eigenvalue weighted by Gasteiger charge is 2.47. The van der Waals surface area contributed by atoms with Crippen LogP contribution in [-0.2, 0) is 11.3 Å². The molecule has 0 atom stereocenters. The Bertz CT molecular complexity index is 621. The molecular weight excluding hydrogens is 288 g/mol. The summed E-state index contributed by atoms with van der Waals surface area (Å²) < 4.78 is 38.5. The second-order valence-electron chi connectivity index (χ2n) is 5.93.